The number of piperazine rings is 1. The van der Waals surface area contributed by atoms with Crippen LogP contribution in [0, 0.1) is 0 Å². The Labute approximate surface area is 148 Å². The Bertz CT molecular complexity index is 629. The molecule has 1 fully saturated rings. The number of allylic oxidation sites excluding steroid dienone is 1. The number of carbonyl (C=O) groups excluding carboxylic acids is 2. The van der Waals surface area contributed by atoms with Gasteiger partial charge in [0.25, 0.3) is 0 Å². The summed E-state index contributed by atoms with van der Waals surface area (Å²) in [6, 6.07) is 9.76. The van der Waals surface area contributed by atoms with Crippen molar-refractivity contribution in [2.75, 3.05) is 39.3 Å². The van der Waals surface area contributed by atoms with Gasteiger partial charge in [-0.3, -0.25) is 9.69 Å². The largest absolute Gasteiger partial charge is 0.461 e. The molecule has 0 bridgehead atoms. The standard InChI is InChI=1S/C19H25N3O3/c1-16(20)15-19(24)25-14-13-21-9-11-22(12-10-21)18(23)8-7-17-5-3-2-4-6-17/h2-8,15H,9-14,20H2,1H3/b8-7+,16-15+. The van der Waals surface area contributed by atoms with Crippen LogP contribution in [-0.4, -0.2) is 61.0 Å². The molecule has 2 N–H and O–H groups in total. The summed E-state index contributed by atoms with van der Waals surface area (Å²) in [5, 5.41) is 0. The fourth-order valence-corrected chi connectivity index (χ4v) is 2.53. The van der Waals surface area contributed by atoms with Crippen LogP contribution in [0.3, 0.4) is 0 Å². The lowest BCUT2D eigenvalue weighted by atomic mass is 10.2. The number of benzene rings is 1. The Morgan fingerprint density at radius 2 is 1.84 bits per heavy atom. The molecule has 0 unspecified atom stereocenters. The lowest BCUT2D eigenvalue weighted by Gasteiger charge is -2.34. The summed E-state index contributed by atoms with van der Waals surface area (Å²) in [6.07, 6.45) is 4.73. The Hall–Kier alpha value is -2.60. The minimum absolute atomic E-state index is 0.0264. The maximum Gasteiger partial charge on any atom is 0.332 e. The van der Waals surface area contributed by atoms with Gasteiger partial charge in [-0.1, -0.05) is 30.3 Å². The van der Waals surface area contributed by atoms with E-state index in [4.69, 9.17) is 10.5 Å². The first kappa shape index (κ1) is 18.7. The van der Waals surface area contributed by atoms with Gasteiger partial charge in [-0.15, -0.1) is 0 Å². The lowest BCUT2D eigenvalue weighted by Crippen LogP contribution is -2.49. The maximum absolute atomic E-state index is 12.2. The number of carbonyl (C=O) groups is 2. The zero-order valence-corrected chi connectivity index (χ0v) is 14.6. The number of nitrogens with two attached hydrogens (primary N) is 1. The second-order valence-electron chi connectivity index (χ2n) is 5.97. The molecule has 6 nitrogen and oxygen atoms in total. The number of rotatable bonds is 6. The van der Waals surface area contributed by atoms with E-state index in [9.17, 15) is 9.59 Å². The minimum atomic E-state index is -0.417. The highest BCUT2D eigenvalue weighted by atomic mass is 16.5. The number of ether oxygens (including phenoxy) is 1. The molecule has 0 saturated carbocycles. The van der Waals surface area contributed by atoms with Crippen molar-refractivity contribution < 1.29 is 14.3 Å². The van der Waals surface area contributed by atoms with E-state index in [0.717, 1.165) is 18.7 Å². The maximum atomic E-state index is 12.2. The first-order valence-electron chi connectivity index (χ1n) is 8.39. The Morgan fingerprint density at radius 1 is 1.16 bits per heavy atom. The molecule has 1 aliphatic rings. The van der Waals surface area contributed by atoms with Crippen molar-refractivity contribution >= 4 is 18.0 Å². The van der Waals surface area contributed by atoms with E-state index in [1.807, 2.05) is 41.3 Å². The SMILES string of the molecule is C/C(N)=C\C(=O)OCCN1CCN(C(=O)/C=C/c2ccccc2)CC1. The first-order chi connectivity index (χ1) is 12.0. The van der Waals surface area contributed by atoms with E-state index in [2.05, 4.69) is 4.90 Å². The van der Waals surface area contributed by atoms with Crippen LogP contribution < -0.4 is 5.73 Å². The molecule has 0 spiro atoms. The Morgan fingerprint density at radius 3 is 2.48 bits per heavy atom. The van der Waals surface area contributed by atoms with Gasteiger partial charge in [-0.05, 0) is 18.6 Å². The summed E-state index contributed by atoms with van der Waals surface area (Å²) in [5.41, 5.74) is 6.86. The van der Waals surface area contributed by atoms with E-state index in [1.165, 1.54) is 6.08 Å². The topological polar surface area (TPSA) is 75.9 Å². The highest BCUT2D eigenvalue weighted by molar-refractivity contribution is 5.91. The van der Waals surface area contributed by atoms with Crippen LogP contribution in [0.15, 0.2) is 48.2 Å². The summed E-state index contributed by atoms with van der Waals surface area (Å²) in [5.74, 6) is -0.390. The zero-order chi connectivity index (χ0) is 18.1. The van der Waals surface area contributed by atoms with E-state index >= 15 is 0 Å². The summed E-state index contributed by atoms with van der Waals surface area (Å²) in [4.78, 5) is 27.6. The quantitative estimate of drug-likeness (QED) is 0.621. The van der Waals surface area contributed by atoms with Crippen molar-refractivity contribution in [1.82, 2.24) is 9.80 Å². The average molecular weight is 343 g/mol. The molecule has 1 aromatic rings. The fourth-order valence-electron chi connectivity index (χ4n) is 2.53. The number of hydrogen-bond donors (Lipinski definition) is 1. The normalized spacial score (nSPS) is 16.2. The van der Waals surface area contributed by atoms with Crippen LogP contribution in [0.25, 0.3) is 6.08 Å². The third-order valence-electron chi connectivity index (χ3n) is 3.90. The van der Waals surface area contributed by atoms with Crippen LogP contribution in [0.2, 0.25) is 0 Å². The molecule has 0 aliphatic carbocycles. The minimum Gasteiger partial charge on any atom is -0.461 e. The smallest absolute Gasteiger partial charge is 0.332 e. The number of nitrogens with zero attached hydrogens (tertiary/aromatic N) is 2. The summed E-state index contributed by atoms with van der Waals surface area (Å²) >= 11 is 0. The number of esters is 1. The van der Waals surface area contributed by atoms with Crippen molar-refractivity contribution in [3.05, 3.63) is 53.7 Å². The Kier molecular flexibility index (Phi) is 7.22. The molecule has 134 valence electrons. The first-order valence-corrected chi connectivity index (χ1v) is 8.39. The highest BCUT2D eigenvalue weighted by Crippen LogP contribution is 2.05. The molecule has 0 aromatic heterocycles. The van der Waals surface area contributed by atoms with Crippen molar-refractivity contribution in [3.8, 4) is 0 Å². The molecular formula is C19H25N3O3. The van der Waals surface area contributed by atoms with Crippen LogP contribution in [0.5, 0.6) is 0 Å². The van der Waals surface area contributed by atoms with E-state index in [1.54, 1.807) is 13.0 Å². The molecule has 2 rings (SSSR count). The average Bonchev–Trinajstić information content (AvgIpc) is 2.60. The molecule has 1 aliphatic heterocycles. The second-order valence-corrected chi connectivity index (χ2v) is 5.97. The molecule has 6 heteroatoms. The molecular weight excluding hydrogens is 318 g/mol. The van der Waals surface area contributed by atoms with Gasteiger partial charge in [0.15, 0.2) is 0 Å². The fraction of sp³-hybridized carbons (Fsp3) is 0.368. The molecule has 1 aromatic carbocycles. The summed E-state index contributed by atoms with van der Waals surface area (Å²) in [6.45, 7) is 5.52. The van der Waals surface area contributed by atoms with Gasteiger partial charge in [0, 0.05) is 50.6 Å². The Balaban J connectivity index is 1.69. The van der Waals surface area contributed by atoms with Crippen LogP contribution in [0.4, 0.5) is 0 Å². The van der Waals surface area contributed by atoms with Gasteiger partial charge in [0.05, 0.1) is 0 Å². The lowest BCUT2D eigenvalue weighted by molar-refractivity contribution is -0.138. The van der Waals surface area contributed by atoms with E-state index in [-0.39, 0.29) is 5.91 Å². The predicted molar refractivity (Wildman–Crippen MR) is 97.4 cm³/mol. The predicted octanol–water partition coefficient (Wildman–Crippen LogP) is 1.25. The monoisotopic (exact) mass is 343 g/mol. The van der Waals surface area contributed by atoms with Crippen LogP contribution >= 0.6 is 0 Å². The third-order valence-corrected chi connectivity index (χ3v) is 3.90. The van der Waals surface area contributed by atoms with Crippen molar-refractivity contribution in [2.45, 2.75) is 6.92 Å². The third kappa shape index (κ3) is 6.81. The molecule has 1 saturated heterocycles. The van der Waals surface area contributed by atoms with Crippen molar-refractivity contribution in [3.63, 3.8) is 0 Å². The van der Waals surface area contributed by atoms with Gasteiger partial charge >= 0.3 is 5.97 Å². The van der Waals surface area contributed by atoms with Gasteiger partial charge in [-0.25, -0.2) is 4.79 Å². The van der Waals surface area contributed by atoms with E-state index < -0.39 is 5.97 Å². The molecule has 1 amide bonds. The van der Waals surface area contributed by atoms with Gasteiger partial charge in [-0.2, -0.15) is 0 Å². The van der Waals surface area contributed by atoms with Crippen molar-refractivity contribution in [2.24, 2.45) is 5.73 Å². The summed E-state index contributed by atoms with van der Waals surface area (Å²) < 4.78 is 5.09. The zero-order valence-electron chi connectivity index (χ0n) is 14.6. The van der Waals surface area contributed by atoms with Gasteiger partial charge in [0.2, 0.25) is 5.91 Å². The summed E-state index contributed by atoms with van der Waals surface area (Å²) in [7, 11) is 0. The second kappa shape index (κ2) is 9.64. The van der Waals surface area contributed by atoms with Crippen LogP contribution in [-0.2, 0) is 14.3 Å². The molecule has 0 radical (unpaired) electrons. The van der Waals surface area contributed by atoms with Gasteiger partial charge < -0.3 is 15.4 Å². The van der Waals surface area contributed by atoms with Crippen molar-refractivity contribution in [1.29, 1.82) is 0 Å². The van der Waals surface area contributed by atoms with Gasteiger partial charge in [0.1, 0.15) is 6.61 Å². The number of amides is 1. The number of hydrogen-bond acceptors (Lipinski definition) is 5. The molecule has 1 heterocycles. The van der Waals surface area contributed by atoms with Crippen LogP contribution in [0.1, 0.15) is 12.5 Å². The highest BCUT2D eigenvalue weighted by Gasteiger charge is 2.19. The molecule has 0 atom stereocenters. The molecule has 25 heavy (non-hydrogen) atoms. The van der Waals surface area contributed by atoms with E-state index in [0.29, 0.717) is 31.9 Å².